The summed E-state index contributed by atoms with van der Waals surface area (Å²) < 4.78 is 2.04. The van der Waals surface area contributed by atoms with Gasteiger partial charge in [-0.3, -0.25) is 16.3 Å². The molecule has 0 saturated heterocycles. The number of benzene rings is 1. The molecule has 0 saturated carbocycles. The normalized spacial score (nSPS) is 12.4. The molecule has 3 nitrogen and oxygen atoms in total. The van der Waals surface area contributed by atoms with Crippen molar-refractivity contribution >= 4 is 31.9 Å². The predicted octanol–water partition coefficient (Wildman–Crippen LogP) is 3.66. The van der Waals surface area contributed by atoms with Gasteiger partial charge in [-0.15, -0.1) is 0 Å². The molecule has 2 aromatic rings. The zero-order valence-electron chi connectivity index (χ0n) is 10.5. The Bertz CT molecular complexity index is 535. The third-order valence-corrected chi connectivity index (χ3v) is 3.80. The van der Waals surface area contributed by atoms with Gasteiger partial charge in [-0.05, 0) is 58.2 Å². The molecule has 0 aliphatic rings. The van der Waals surface area contributed by atoms with E-state index < -0.39 is 0 Å². The van der Waals surface area contributed by atoms with Gasteiger partial charge in [0.05, 0.1) is 6.04 Å². The molecule has 0 radical (unpaired) electrons. The summed E-state index contributed by atoms with van der Waals surface area (Å²) in [5, 5.41) is 0. The van der Waals surface area contributed by atoms with Crippen LogP contribution < -0.4 is 11.3 Å². The number of hydrogen-bond acceptors (Lipinski definition) is 3. The van der Waals surface area contributed by atoms with Crippen LogP contribution in [0.25, 0.3) is 0 Å². The van der Waals surface area contributed by atoms with Crippen LogP contribution in [0.3, 0.4) is 0 Å². The number of nitrogens with one attached hydrogen (secondary N) is 1. The van der Waals surface area contributed by atoms with E-state index in [4.69, 9.17) is 5.84 Å². The van der Waals surface area contributed by atoms with E-state index in [1.165, 1.54) is 5.56 Å². The number of aryl methyl sites for hydroxylation is 1. The predicted molar refractivity (Wildman–Crippen MR) is 84.6 cm³/mol. The molecule has 100 valence electrons. The SMILES string of the molecule is Cc1cc(Br)cc(C(Cc2ccc(Br)cn2)NN)c1. The first kappa shape index (κ1) is 14.7. The Morgan fingerprint density at radius 1 is 1.21 bits per heavy atom. The smallest absolute Gasteiger partial charge is 0.0515 e. The van der Waals surface area contributed by atoms with Gasteiger partial charge in [0, 0.05) is 27.3 Å². The molecule has 0 amide bonds. The molecule has 0 aliphatic carbocycles. The van der Waals surface area contributed by atoms with Crippen molar-refractivity contribution in [3.05, 3.63) is 62.3 Å². The van der Waals surface area contributed by atoms with Crippen molar-refractivity contribution in [2.75, 3.05) is 0 Å². The van der Waals surface area contributed by atoms with Crippen LogP contribution in [0, 0.1) is 6.92 Å². The Hall–Kier alpha value is -0.750. The molecule has 3 N–H and O–H groups in total. The van der Waals surface area contributed by atoms with Crippen LogP contribution >= 0.6 is 31.9 Å². The largest absolute Gasteiger partial charge is 0.271 e. The summed E-state index contributed by atoms with van der Waals surface area (Å²) in [5.74, 6) is 5.68. The van der Waals surface area contributed by atoms with E-state index in [0.29, 0.717) is 0 Å². The van der Waals surface area contributed by atoms with Crippen molar-refractivity contribution in [2.45, 2.75) is 19.4 Å². The van der Waals surface area contributed by atoms with E-state index in [1.807, 2.05) is 12.1 Å². The van der Waals surface area contributed by atoms with Crippen LogP contribution in [0.5, 0.6) is 0 Å². The lowest BCUT2D eigenvalue weighted by Gasteiger charge is -2.17. The summed E-state index contributed by atoms with van der Waals surface area (Å²) in [6, 6.07) is 10.3. The van der Waals surface area contributed by atoms with Crippen LogP contribution in [0.1, 0.15) is 22.9 Å². The Balaban J connectivity index is 2.22. The van der Waals surface area contributed by atoms with Crippen molar-refractivity contribution in [1.29, 1.82) is 0 Å². The molecular formula is C14H15Br2N3. The Kier molecular flexibility index (Phi) is 5.10. The van der Waals surface area contributed by atoms with Crippen LogP contribution in [-0.4, -0.2) is 4.98 Å². The van der Waals surface area contributed by atoms with Gasteiger partial charge in [0.15, 0.2) is 0 Å². The summed E-state index contributed by atoms with van der Waals surface area (Å²) >= 11 is 6.90. The molecule has 0 spiro atoms. The lowest BCUT2D eigenvalue weighted by Crippen LogP contribution is -2.29. The molecule has 1 aromatic carbocycles. The van der Waals surface area contributed by atoms with E-state index in [0.717, 1.165) is 26.6 Å². The minimum Gasteiger partial charge on any atom is -0.271 e. The summed E-state index contributed by atoms with van der Waals surface area (Å²) in [5.41, 5.74) is 6.22. The topological polar surface area (TPSA) is 50.9 Å². The van der Waals surface area contributed by atoms with E-state index in [-0.39, 0.29) is 6.04 Å². The monoisotopic (exact) mass is 383 g/mol. The summed E-state index contributed by atoms with van der Waals surface area (Å²) in [6.45, 7) is 2.07. The van der Waals surface area contributed by atoms with Crippen LogP contribution in [0.2, 0.25) is 0 Å². The molecule has 0 fully saturated rings. The average molecular weight is 385 g/mol. The number of hydrazine groups is 1. The Morgan fingerprint density at radius 2 is 2.00 bits per heavy atom. The van der Waals surface area contributed by atoms with Gasteiger partial charge in [-0.2, -0.15) is 0 Å². The van der Waals surface area contributed by atoms with Gasteiger partial charge in [0.1, 0.15) is 0 Å². The van der Waals surface area contributed by atoms with Crippen molar-refractivity contribution in [3.8, 4) is 0 Å². The van der Waals surface area contributed by atoms with Crippen molar-refractivity contribution < 1.29 is 0 Å². The highest BCUT2D eigenvalue weighted by Gasteiger charge is 2.12. The molecule has 19 heavy (non-hydrogen) atoms. The summed E-state index contributed by atoms with van der Waals surface area (Å²) in [4.78, 5) is 4.38. The minimum absolute atomic E-state index is 0.0462. The lowest BCUT2D eigenvalue weighted by molar-refractivity contribution is 0.545. The third kappa shape index (κ3) is 4.11. The average Bonchev–Trinajstić information content (AvgIpc) is 2.37. The molecule has 5 heteroatoms. The molecular weight excluding hydrogens is 370 g/mol. The zero-order chi connectivity index (χ0) is 13.8. The maximum atomic E-state index is 5.68. The Labute approximate surface area is 129 Å². The van der Waals surface area contributed by atoms with E-state index >= 15 is 0 Å². The second-order valence-corrected chi connectivity index (χ2v) is 6.28. The highest BCUT2D eigenvalue weighted by molar-refractivity contribution is 9.10. The highest BCUT2D eigenvalue weighted by Crippen LogP contribution is 2.23. The van der Waals surface area contributed by atoms with E-state index in [9.17, 15) is 0 Å². The van der Waals surface area contributed by atoms with E-state index in [2.05, 4.69) is 67.4 Å². The Morgan fingerprint density at radius 3 is 2.58 bits per heavy atom. The first-order valence-electron chi connectivity index (χ1n) is 5.92. The van der Waals surface area contributed by atoms with Crippen LogP contribution in [0.4, 0.5) is 0 Å². The summed E-state index contributed by atoms with van der Waals surface area (Å²) in [7, 11) is 0. The van der Waals surface area contributed by atoms with Gasteiger partial charge in [-0.25, -0.2) is 0 Å². The highest BCUT2D eigenvalue weighted by atomic mass is 79.9. The zero-order valence-corrected chi connectivity index (χ0v) is 13.7. The molecule has 2 rings (SSSR count). The second-order valence-electron chi connectivity index (χ2n) is 4.45. The van der Waals surface area contributed by atoms with Gasteiger partial charge in [0.25, 0.3) is 0 Å². The number of aromatic nitrogens is 1. The minimum atomic E-state index is 0.0462. The number of nitrogens with two attached hydrogens (primary N) is 1. The maximum Gasteiger partial charge on any atom is 0.0515 e. The fourth-order valence-corrected chi connectivity index (χ4v) is 2.84. The van der Waals surface area contributed by atoms with E-state index in [1.54, 1.807) is 6.20 Å². The maximum absolute atomic E-state index is 5.68. The molecule has 0 aliphatic heterocycles. The van der Waals surface area contributed by atoms with Gasteiger partial charge in [0.2, 0.25) is 0 Å². The van der Waals surface area contributed by atoms with Crippen LogP contribution in [0.15, 0.2) is 45.5 Å². The molecule has 1 heterocycles. The van der Waals surface area contributed by atoms with Crippen molar-refractivity contribution in [3.63, 3.8) is 0 Å². The first-order chi connectivity index (χ1) is 9.08. The summed E-state index contributed by atoms with van der Waals surface area (Å²) in [6.07, 6.45) is 2.55. The quantitative estimate of drug-likeness (QED) is 0.624. The molecule has 0 bridgehead atoms. The number of rotatable bonds is 4. The standard InChI is InChI=1S/C14H15Br2N3/c1-9-4-10(6-12(16)5-9)14(19-17)7-13-3-2-11(15)8-18-13/h2-6,8,14,19H,7,17H2,1H3. The van der Waals surface area contributed by atoms with Crippen LogP contribution in [-0.2, 0) is 6.42 Å². The fourth-order valence-electron chi connectivity index (χ4n) is 1.98. The molecule has 1 aromatic heterocycles. The number of nitrogens with zero attached hydrogens (tertiary/aromatic N) is 1. The second kappa shape index (κ2) is 6.61. The van der Waals surface area contributed by atoms with Gasteiger partial charge in [-0.1, -0.05) is 22.0 Å². The number of halogens is 2. The molecule has 1 unspecified atom stereocenters. The fraction of sp³-hybridized carbons (Fsp3) is 0.214. The third-order valence-electron chi connectivity index (χ3n) is 2.87. The first-order valence-corrected chi connectivity index (χ1v) is 7.51. The van der Waals surface area contributed by atoms with Crippen molar-refractivity contribution in [1.82, 2.24) is 10.4 Å². The molecule has 1 atom stereocenters. The van der Waals surface area contributed by atoms with Gasteiger partial charge < -0.3 is 0 Å². The van der Waals surface area contributed by atoms with Gasteiger partial charge >= 0.3 is 0 Å². The van der Waals surface area contributed by atoms with Crippen molar-refractivity contribution in [2.24, 2.45) is 5.84 Å². The lowest BCUT2D eigenvalue weighted by atomic mass is 10.0. The number of hydrogen-bond donors (Lipinski definition) is 2. The number of pyridine rings is 1.